The number of rotatable bonds is 7. The van der Waals surface area contributed by atoms with Crippen molar-refractivity contribution in [3.63, 3.8) is 0 Å². The molecule has 1 aliphatic heterocycles. The number of pyridine rings is 2. The van der Waals surface area contributed by atoms with Gasteiger partial charge in [0.15, 0.2) is 11.6 Å². The van der Waals surface area contributed by atoms with Crippen LogP contribution in [0.3, 0.4) is 0 Å². The van der Waals surface area contributed by atoms with Crippen LogP contribution in [0.2, 0.25) is 0 Å². The lowest BCUT2D eigenvalue weighted by Gasteiger charge is -2.29. The summed E-state index contributed by atoms with van der Waals surface area (Å²) >= 11 is 0. The summed E-state index contributed by atoms with van der Waals surface area (Å²) in [5, 5.41) is 6.33. The Labute approximate surface area is 201 Å². The van der Waals surface area contributed by atoms with Gasteiger partial charge in [-0.1, -0.05) is 0 Å². The van der Waals surface area contributed by atoms with Gasteiger partial charge in [-0.25, -0.2) is 24.3 Å². The second kappa shape index (κ2) is 9.71. The second-order valence-electron chi connectivity index (χ2n) is 8.55. The van der Waals surface area contributed by atoms with Gasteiger partial charge in [0.1, 0.15) is 23.0 Å². The van der Waals surface area contributed by atoms with Crippen molar-refractivity contribution in [2.24, 2.45) is 4.99 Å². The van der Waals surface area contributed by atoms with Crippen LogP contribution in [-0.2, 0) is 4.79 Å². The number of ketones is 1. The van der Waals surface area contributed by atoms with E-state index >= 15 is 0 Å². The summed E-state index contributed by atoms with van der Waals surface area (Å²) in [5.74, 6) is -0.0292. The summed E-state index contributed by atoms with van der Waals surface area (Å²) in [6.07, 6.45) is 4.77. The molecule has 3 aromatic heterocycles. The monoisotopic (exact) mass is 475 g/mol. The predicted molar refractivity (Wildman–Crippen MR) is 132 cm³/mol. The molecule has 0 bridgehead atoms. The molecule has 10 nitrogen and oxygen atoms in total. The van der Waals surface area contributed by atoms with Gasteiger partial charge in [-0.05, 0) is 37.1 Å². The topological polar surface area (TPSA) is 134 Å². The van der Waals surface area contributed by atoms with Crippen LogP contribution < -0.4 is 21.3 Å². The number of aliphatic imine (C=N–C) groups is 1. The van der Waals surface area contributed by atoms with Crippen LogP contribution in [0, 0.1) is 5.82 Å². The molecule has 1 saturated heterocycles. The number of nitrogens with zero attached hydrogens (tertiary/aromatic N) is 6. The van der Waals surface area contributed by atoms with Gasteiger partial charge in [0.25, 0.3) is 0 Å². The quantitative estimate of drug-likeness (QED) is 0.440. The maximum Gasteiger partial charge on any atom is 0.229 e. The van der Waals surface area contributed by atoms with Crippen LogP contribution in [-0.4, -0.2) is 63.7 Å². The summed E-state index contributed by atoms with van der Waals surface area (Å²) in [6, 6.07) is 7.16. The fourth-order valence-corrected chi connectivity index (χ4v) is 3.83. The van der Waals surface area contributed by atoms with Crippen molar-refractivity contribution in [3.05, 3.63) is 48.0 Å². The van der Waals surface area contributed by atoms with E-state index < -0.39 is 5.82 Å². The van der Waals surface area contributed by atoms with Gasteiger partial charge in [0, 0.05) is 38.7 Å². The zero-order valence-corrected chi connectivity index (χ0v) is 19.3. The highest BCUT2D eigenvalue weighted by atomic mass is 19.1. The maximum atomic E-state index is 14.6. The number of carbonyl (C=O) groups excluding carboxylic acids is 1. The first kappa shape index (κ1) is 22.8. The van der Waals surface area contributed by atoms with E-state index in [0.717, 1.165) is 50.9 Å². The lowest BCUT2D eigenvalue weighted by molar-refractivity contribution is -0.111. The Balaban J connectivity index is 1.36. The Bertz CT molecular complexity index is 1270. The van der Waals surface area contributed by atoms with Gasteiger partial charge in [-0.2, -0.15) is 0 Å². The first-order valence-electron chi connectivity index (χ1n) is 11.6. The highest BCUT2D eigenvalue weighted by Crippen LogP contribution is 2.27. The average molecular weight is 476 g/mol. The maximum absolute atomic E-state index is 14.6. The number of aromatic nitrogens is 4. The molecule has 4 N–H and O–H groups in total. The molecule has 0 unspecified atom stereocenters. The van der Waals surface area contributed by atoms with Gasteiger partial charge >= 0.3 is 0 Å². The number of hydrogen-bond donors (Lipinski definition) is 3. The lowest BCUT2D eigenvalue weighted by atomic mass is 10.1. The smallest absolute Gasteiger partial charge is 0.229 e. The van der Waals surface area contributed by atoms with Gasteiger partial charge in [0.05, 0.1) is 29.8 Å². The fourth-order valence-electron chi connectivity index (χ4n) is 3.83. The standard InChI is InChI=1S/C24H26FN9O/c1-14(35)21(30-15-2-3-15)17-5-6-19(31-23(17)26)22-18(25)13-29-24(33-22)32-20-7-4-16(12-28-20)34-10-8-27-9-11-34/h4-7,12-13,15,27H,2-3,8-11H2,1H3,(H2,26,31)(H,28,29,32,33). The fraction of sp³-hybridized carbons (Fsp3) is 0.333. The zero-order valence-electron chi connectivity index (χ0n) is 19.3. The number of Topliss-reactive ketones (excluding diaryl/α,β-unsaturated/α-hetero) is 1. The van der Waals surface area contributed by atoms with Crippen LogP contribution >= 0.6 is 0 Å². The molecule has 5 rings (SSSR count). The molecule has 0 spiro atoms. The Morgan fingerprint density at radius 1 is 1.14 bits per heavy atom. The second-order valence-corrected chi connectivity index (χ2v) is 8.55. The third kappa shape index (κ3) is 5.24. The number of nitrogens with one attached hydrogen (secondary N) is 2. The number of hydrogen-bond acceptors (Lipinski definition) is 10. The number of piperazine rings is 1. The summed E-state index contributed by atoms with van der Waals surface area (Å²) in [7, 11) is 0. The zero-order chi connectivity index (χ0) is 24.4. The van der Waals surface area contributed by atoms with E-state index in [9.17, 15) is 9.18 Å². The molecule has 0 amide bonds. The summed E-state index contributed by atoms with van der Waals surface area (Å²) in [5.41, 5.74) is 8.12. The van der Waals surface area contributed by atoms with Crippen LogP contribution in [0.15, 0.2) is 41.7 Å². The minimum Gasteiger partial charge on any atom is -0.383 e. The predicted octanol–water partition coefficient (Wildman–Crippen LogP) is 2.35. The minimum absolute atomic E-state index is 0.0123. The third-order valence-electron chi connectivity index (χ3n) is 5.83. The summed E-state index contributed by atoms with van der Waals surface area (Å²) < 4.78 is 14.6. The number of halogens is 1. The highest BCUT2D eigenvalue weighted by Gasteiger charge is 2.24. The highest BCUT2D eigenvalue weighted by molar-refractivity contribution is 6.46. The van der Waals surface area contributed by atoms with Crippen LogP contribution in [0.5, 0.6) is 0 Å². The normalized spacial score (nSPS) is 16.3. The van der Waals surface area contributed by atoms with Crippen molar-refractivity contribution in [1.29, 1.82) is 0 Å². The average Bonchev–Trinajstić information content (AvgIpc) is 3.69. The van der Waals surface area contributed by atoms with E-state index in [1.165, 1.54) is 6.92 Å². The van der Waals surface area contributed by atoms with Crippen LogP contribution in [0.1, 0.15) is 25.3 Å². The van der Waals surface area contributed by atoms with Gasteiger partial charge in [-0.15, -0.1) is 0 Å². The molecule has 2 fully saturated rings. The van der Waals surface area contributed by atoms with E-state index in [1.54, 1.807) is 18.3 Å². The first-order chi connectivity index (χ1) is 17.0. The number of anilines is 4. The largest absolute Gasteiger partial charge is 0.383 e. The van der Waals surface area contributed by atoms with Gasteiger partial charge in [-0.3, -0.25) is 9.79 Å². The molecule has 0 radical (unpaired) electrons. The number of nitrogen functional groups attached to an aromatic ring is 1. The van der Waals surface area contributed by atoms with E-state index in [2.05, 4.69) is 40.5 Å². The third-order valence-corrected chi connectivity index (χ3v) is 5.83. The van der Waals surface area contributed by atoms with Crippen molar-refractivity contribution in [1.82, 2.24) is 25.3 Å². The van der Waals surface area contributed by atoms with Crippen molar-refractivity contribution in [2.75, 3.05) is 42.1 Å². The molecule has 2 aliphatic rings. The Hall–Kier alpha value is -3.99. The molecule has 180 valence electrons. The van der Waals surface area contributed by atoms with Crippen molar-refractivity contribution in [2.45, 2.75) is 25.8 Å². The molecule has 4 heterocycles. The summed E-state index contributed by atoms with van der Waals surface area (Å²) in [4.78, 5) is 35.9. The van der Waals surface area contributed by atoms with E-state index in [1.807, 2.05) is 12.1 Å². The molecular weight excluding hydrogens is 449 g/mol. The molecule has 3 aromatic rings. The van der Waals surface area contributed by atoms with E-state index in [0.29, 0.717) is 17.1 Å². The molecule has 0 atom stereocenters. The molecule has 35 heavy (non-hydrogen) atoms. The number of nitrogens with two attached hydrogens (primary N) is 1. The number of carbonyl (C=O) groups is 1. The molecule has 11 heteroatoms. The minimum atomic E-state index is -0.643. The summed E-state index contributed by atoms with van der Waals surface area (Å²) in [6.45, 7) is 5.17. The van der Waals surface area contributed by atoms with Crippen molar-refractivity contribution in [3.8, 4) is 11.4 Å². The van der Waals surface area contributed by atoms with Crippen LogP contribution in [0.4, 0.5) is 27.7 Å². The Morgan fingerprint density at radius 3 is 2.60 bits per heavy atom. The molecular formula is C24H26FN9O. The van der Waals surface area contributed by atoms with Crippen molar-refractivity contribution >= 4 is 34.8 Å². The molecule has 1 aliphatic carbocycles. The van der Waals surface area contributed by atoms with Crippen LogP contribution in [0.25, 0.3) is 11.4 Å². The molecule has 0 aromatic carbocycles. The Kier molecular flexibility index (Phi) is 6.32. The van der Waals surface area contributed by atoms with Gasteiger partial charge < -0.3 is 21.3 Å². The lowest BCUT2D eigenvalue weighted by Crippen LogP contribution is -2.43. The SMILES string of the molecule is CC(=O)C(=NC1CC1)c1ccc(-c2nc(Nc3ccc(N4CCNCC4)cn3)ncc2F)nc1N. The molecule has 1 saturated carbocycles. The van der Waals surface area contributed by atoms with E-state index in [-0.39, 0.29) is 35.0 Å². The van der Waals surface area contributed by atoms with Gasteiger partial charge in [0.2, 0.25) is 5.95 Å². The first-order valence-corrected chi connectivity index (χ1v) is 11.6. The van der Waals surface area contributed by atoms with E-state index in [4.69, 9.17) is 5.73 Å². The van der Waals surface area contributed by atoms with Crippen molar-refractivity contribution < 1.29 is 9.18 Å². The Morgan fingerprint density at radius 2 is 1.94 bits per heavy atom.